The molecular weight excluding hydrogens is 662 g/mol. The monoisotopic (exact) mass is 687 g/mol. The Labute approximate surface area is 257 Å². The first-order chi connectivity index (χ1) is 20.8. The van der Waals surface area contributed by atoms with Crippen LogP contribution in [0.5, 0.6) is 0 Å². The Bertz CT molecular complexity index is 1610. The molecule has 0 bridgehead atoms. The van der Waals surface area contributed by atoms with Crippen LogP contribution in [0.2, 0.25) is 5.02 Å². The van der Waals surface area contributed by atoms with Crippen molar-refractivity contribution < 1.29 is 58.2 Å². The number of likely N-dealkylation sites (tertiary alicyclic amines) is 1. The van der Waals surface area contributed by atoms with E-state index in [4.69, 9.17) is 11.6 Å². The van der Waals surface area contributed by atoms with Crippen molar-refractivity contribution in [1.29, 1.82) is 0 Å². The lowest BCUT2D eigenvalue weighted by Gasteiger charge is -2.44. The molecule has 1 aliphatic heterocycles. The van der Waals surface area contributed by atoms with Crippen LogP contribution in [-0.2, 0) is 36.3 Å². The highest BCUT2D eigenvalue weighted by atomic mass is 35.5. The minimum Gasteiger partial charge on any atom is -0.481 e. The van der Waals surface area contributed by atoms with Crippen molar-refractivity contribution in [2.75, 3.05) is 6.54 Å². The molecule has 5 rings (SSSR count). The van der Waals surface area contributed by atoms with Gasteiger partial charge in [-0.25, -0.2) is 17.2 Å². The first-order valence-corrected chi connectivity index (χ1v) is 15.8. The van der Waals surface area contributed by atoms with E-state index in [0.29, 0.717) is 12.1 Å². The third-order valence-electron chi connectivity index (χ3n) is 9.44. The smallest absolute Gasteiger partial charge is 0.436 e. The van der Waals surface area contributed by atoms with Crippen molar-refractivity contribution in [3.05, 3.63) is 63.9 Å². The summed E-state index contributed by atoms with van der Waals surface area (Å²) in [6.07, 6.45) is -12.9. The van der Waals surface area contributed by atoms with Gasteiger partial charge in [-0.2, -0.15) is 26.3 Å². The van der Waals surface area contributed by atoms with E-state index >= 15 is 4.39 Å². The summed E-state index contributed by atoms with van der Waals surface area (Å²) in [5.74, 6) is -3.51. The van der Waals surface area contributed by atoms with E-state index in [0.717, 1.165) is 24.3 Å². The molecule has 6 nitrogen and oxygen atoms in total. The van der Waals surface area contributed by atoms with Crippen molar-refractivity contribution in [2.24, 2.45) is 11.8 Å². The Kier molecular flexibility index (Phi) is 8.24. The lowest BCUT2D eigenvalue weighted by Crippen LogP contribution is -2.54. The Hall–Kier alpha value is -2.94. The number of fused-ring (bicyclic) bond motifs is 3. The number of aryl methyl sites for hydroxylation is 1. The molecule has 0 radical (unpaired) electrons. The van der Waals surface area contributed by atoms with Gasteiger partial charge < -0.3 is 10.0 Å². The van der Waals surface area contributed by atoms with Gasteiger partial charge in [0.2, 0.25) is 5.91 Å². The maximum atomic E-state index is 15.1. The number of amides is 1. The molecule has 0 unspecified atom stereocenters. The van der Waals surface area contributed by atoms with E-state index < -0.39 is 83.7 Å². The van der Waals surface area contributed by atoms with E-state index in [-0.39, 0.29) is 62.6 Å². The zero-order chi connectivity index (χ0) is 33.3. The number of carbonyl (C=O) groups is 2. The van der Waals surface area contributed by atoms with Gasteiger partial charge in [-0.15, -0.1) is 0 Å². The molecule has 2 fully saturated rings. The normalized spacial score (nSPS) is 25.9. The fourth-order valence-corrected chi connectivity index (χ4v) is 9.82. The second-order valence-electron chi connectivity index (χ2n) is 11.7. The number of benzene rings is 2. The van der Waals surface area contributed by atoms with Crippen molar-refractivity contribution in [3.8, 4) is 0 Å². The molecule has 1 saturated carbocycles. The number of carbonyl (C=O) groups excluding carboxylic acids is 1. The van der Waals surface area contributed by atoms with E-state index in [9.17, 15) is 53.8 Å². The van der Waals surface area contributed by atoms with Gasteiger partial charge in [0.05, 0.1) is 16.9 Å². The third-order valence-corrected chi connectivity index (χ3v) is 12.3. The Morgan fingerprint density at radius 3 is 1.98 bits per heavy atom. The third kappa shape index (κ3) is 5.08. The van der Waals surface area contributed by atoms with E-state index in [1.54, 1.807) is 0 Å². The molecule has 0 aromatic heterocycles. The summed E-state index contributed by atoms with van der Waals surface area (Å²) < 4.78 is 138. The number of carboxylic acid groups (broad SMARTS) is 1. The second-order valence-corrected chi connectivity index (χ2v) is 14.3. The number of aliphatic carboxylic acids is 1. The standard InChI is InChI=1S/C29H26ClF8NO5S/c30-22-14-20-17(13-21(22)27(32,28(33,34)35)29(36,37)38)5-10-23-26(20,45(43,44)19-8-6-18(31)7-9-19)11-12-39(23)24(40)15-1-3-16(4-2-15)25(41)42/h6-9,13-16,23H,1-5,10-12H2,(H,41,42)/t15?,16?,23-,26-/m0/s1. The number of hydrogen-bond acceptors (Lipinski definition) is 4. The molecule has 2 aromatic rings. The number of sulfone groups is 1. The summed E-state index contributed by atoms with van der Waals surface area (Å²) in [5, 5.41) is 8.00. The molecule has 2 aliphatic carbocycles. The van der Waals surface area contributed by atoms with Crippen LogP contribution < -0.4 is 0 Å². The van der Waals surface area contributed by atoms with Crippen LogP contribution >= 0.6 is 11.6 Å². The molecule has 1 N–H and O–H groups in total. The predicted molar refractivity (Wildman–Crippen MR) is 143 cm³/mol. The summed E-state index contributed by atoms with van der Waals surface area (Å²) in [7, 11) is -4.66. The molecule has 1 saturated heterocycles. The van der Waals surface area contributed by atoms with Crippen LogP contribution in [0, 0.1) is 17.7 Å². The maximum absolute atomic E-state index is 15.1. The molecule has 2 aromatic carbocycles. The lowest BCUT2D eigenvalue weighted by atomic mass is 9.76. The summed E-state index contributed by atoms with van der Waals surface area (Å²) >= 11 is 5.97. The highest BCUT2D eigenvalue weighted by molar-refractivity contribution is 7.92. The summed E-state index contributed by atoms with van der Waals surface area (Å²) in [5.41, 5.74) is -8.38. The van der Waals surface area contributed by atoms with Crippen LogP contribution in [0.15, 0.2) is 41.3 Å². The predicted octanol–water partition coefficient (Wildman–Crippen LogP) is 6.88. The van der Waals surface area contributed by atoms with Crippen LogP contribution in [0.3, 0.4) is 0 Å². The molecular formula is C29H26ClF8NO5S. The molecule has 45 heavy (non-hydrogen) atoms. The van der Waals surface area contributed by atoms with Crippen molar-refractivity contribution in [2.45, 2.75) is 78.7 Å². The van der Waals surface area contributed by atoms with E-state index in [2.05, 4.69) is 0 Å². The van der Waals surface area contributed by atoms with Crippen molar-refractivity contribution in [1.82, 2.24) is 4.90 Å². The molecule has 1 amide bonds. The van der Waals surface area contributed by atoms with Gasteiger partial charge in [-0.3, -0.25) is 9.59 Å². The summed E-state index contributed by atoms with van der Waals surface area (Å²) in [6, 6.07) is 3.39. The average molecular weight is 688 g/mol. The SMILES string of the molecule is O=C(O)C1CCC(C(=O)N2CC[C@]3(S(=O)(=O)c4ccc(F)cc4)c4cc(Cl)c(C(F)(C(F)(F)F)C(F)(F)F)cc4CC[C@H]23)CC1. The Balaban J connectivity index is 1.66. The topological polar surface area (TPSA) is 91.8 Å². The number of halogens is 9. The molecule has 0 spiro atoms. The van der Waals surface area contributed by atoms with E-state index in [1.165, 1.54) is 4.90 Å². The summed E-state index contributed by atoms with van der Waals surface area (Å²) in [4.78, 5) is 26.1. The quantitative estimate of drug-likeness (QED) is 0.274. The number of alkyl halides is 7. The van der Waals surface area contributed by atoms with Gasteiger partial charge >= 0.3 is 24.0 Å². The molecule has 2 atom stereocenters. The van der Waals surface area contributed by atoms with Crippen LogP contribution in [-0.4, -0.2) is 55.2 Å². The van der Waals surface area contributed by atoms with Gasteiger partial charge in [-0.1, -0.05) is 17.7 Å². The van der Waals surface area contributed by atoms with Crippen LogP contribution in [0.25, 0.3) is 0 Å². The number of carboxylic acids is 1. The Morgan fingerprint density at radius 1 is 0.889 bits per heavy atom. The fraction of sp³-hybridized carbons (Fsp3) is 0.517. The second kappa shape index (κ2) is 11.1. The number of rotatable bonds is 5. The van der Waals surface area contributed by atoms with E-state index in [1.807, 2.05) is 0 Å². The maximum Gasteiger partial charge on any atom is 0.436 e. The van der Waals surface area contributed by atoms with Crippen LogP contribution in [0.4, 0.5) is 35.1 Å². The molecule has 246 valence electrons. The molecule has 16 heteroatoms. The minimum atomic E-state index is -6.46. The number of hydrogen-bond donors (Lipinski definition) is 1. The lowest BCUT2D eigenvalue weighted by molar-refractivity contribution is -0.348. The van der Waals surface area contributed by atoms with Gasteiger partial charge in [0.15, 0.2) is 9.84 Å². The minimum absolute atomic E-state index is 0.167. The largest absolute Gasteiger partial charge is 0.481 e. The Morgan fingerprint density at radius 2 is 1.44 bits per heavy atom. The first-order valence-electron chi connectivity index (χ1n) is 14.0. The molecule has 3 aliphatic rings. The van der Waals surface area contributed by atoms with Crippen LogP contribution in [0.1, 0.15) is 55.2 Å². The first kappa shape index (κ1) is 33.4. The summed E-state index contributed by atoms with van der Waals surface area (Å²) in [6.45, 7) is -0.167. The van der Waals surface area contributed by atoms with Gasteiger partial charge in [0.25, 0.3) is 0 Å². The van der Waals surface area contributed by atoms with Gasteiger partial charge in [0.1, 0.15) is 10.6 Å². The zero-order valence-electron chi connectivity index (χ0n) is 23.2. The number of nitrogens with zero attached hydrogens (tertiary/aromatic N) is 1. The average Bonchev–Trinajstić information content (AvgIpc) is 3.37. The zero-order valence-corrected chi connectivity index (χ0v) is 24.8. The fourth-order valence-electron chi connectivity index (χ4n) is 7.17. The van der Waals surface area contributed by atoms with Gasteiger partial charge in [-0.05, 0) is 86.4 Å². The van der Waals surface area contributed by atoms with Gasteiger partial charge in [0, 0.05) is 23.0 Å². The highest BCUT2D eigenvalue weighted by Crippen LogP contribution is 2.58. The highest BCUT2D eigenvalue weighted by Gasteiger charge is 2.74. The molecule has 1 heterocycles. The van der Waals surface area contributed by atoms with Crippen molar-refractivity contribution in [3.63, 3.8) is 0 Å². The van der Waals surface area contributed by atoms with Crippen molar-refractivity contribution >= 4 is 33.3 Å².